The van der Waals surface area contributed by atoms with Crippen LogP contribution in [0.25, 0.3) is 10.9 Å². The van der Waals surface area contributed by atoms with E-state index < -0.39 is 18.0 Å². The second-order valence-corrected chi connectivity index (χ2v) is 7.18. The summed E-state index contributed by atoms with van der Waals surface area (Å²) in [6.45, 7) is 2.49. The predicted octanol–water partition coefficient (Wildman–Crippen LogP) is 2.22. The van der Waals surface area contributed by atoms with Gasteiger partial charge in [0, 0.05) is 62.1 Å². The Morgan fingerprint density at radius 2 is 1.83 bits per heavy atom. The van der Waals surface area contributed by atoms with E-state index in [1.54, 1.807) is 24.5 Å². The van der Waals surface area contributed by atoms with Crippen molar-refractivity contribution in [3.8, 4) is 0 Å². The van der Waals surface area contributed by atoms with E-state index in [1.807, 2.05) is 34.7 Å². The molecule has 8 heteroatoms. The van der Waals surface area contributed by atoms with Gasteiger partial charge in [0.2, 0.25) is 0 Å². The van der Waals surface area contributed by atoms with Crippen molar-refractivity contribution in [2.75, 3.05) is 31.1 Å². The Balaban J connectivity index is 1.64. The lowest BCUT2D eigenvalue weighted by molar-refractivity contribution is -0.143. The largest absolute Gasteiger partial charge is 0.480 e. The minimum Gasteiger partial charge on any atom is -0.480 e. The van der Waals surface area contributed by atoms with E-state index in [1.165, 1.54) is 6.07 Å². The van der Waals surface area contributed by atoms with Gasteiger partial charge in [-0.1, -0.05) is 6.07 Å². The van der Waals surface area contributed by atoms with Crippen molar-refractivity contribution in [3.05, 3.63) is 59.9 Å². The number of carbonyl (C=O) groups is 2. The van der Waals surface area contributed by atoms with Crippen molar-refractivity contribution in [2.24, 2.45) is 7.05 Å². The number of benzene rings is 1. The quantitative estimate of drug-likeness (QED) is 0.685. The van der Waals surface area contributed by atoms with Gasteiger partial charge in [0.1, 0.15) is 11.9 Å². The number of anilines is 1. The predicted molar refractivity (Wildman–Crippen MR) is 108 cm³/mol. The molecule has 4 rings (SSSR count). The summed E-state index contributed by atoms with van der Waals surface area (Å²) < 4.78 is 1.84. The molecule has 0 amide bonds. The van der Waals surface area contributed by atoms with Gasteiger partial charge < -0.3 is 19.7 Å². The lowest BCUT2D eigenvalue weighted by Gasteiger charge is -2.38. The van der Waals surface area contributed by atoms with Crippen molar-refractivity contribution >= 4 is 28.7 Å². The summed E-state index contributed by atoms with van der Waals surface area (Å²) in [6.07, 6.45) is 3.54. The molecule has 2 N–H and O–H groups in total. The molecule has 0 bridgehead atoms. The third-order valence-electron chi connectivity index (χ3n) is 5.45. The van der Waals surface area contributed by atoms with Crippen LogP contribution in [0, 0.1) is 0 Å². The first kappa shape index (κ1) is 18.9. The topological polar surface area (TPSA) is 98.9 Å². The Labute approximate surface area is 167 Å². The Hall–Kier alpha value is -3.39. The van der Waals surface area contributed by atoms with Crippen LogP contribution in [-0.4, -0.2) is 62.8 Å². The third kappa shape index (κ3) is 3.54. The summed E-state index contributed by atoms with van der Waals surface area (Å²) in [7, 11) is 1.84. The Kier molecular flexibility index (Phi) is 4.94. The Bertz CT molecular complexity index is 1060. The second-order valence-electron chi connectivity index (χ2n) is 7.18. The number of hydrogen-bond acceptors (Lipinski definition) is 5. The van der Waals surface area contributed by atoms with Crippen LogP contribution in [0.15, 0.2) is 48.8 Å². The number of nitrogens with zero attached hydrogens (tertiary/aromatic N) is 4. The zero-order valence-electron chi connectivity index (χ0n) is 16.0. The maximum atomic E-state index is 12.2. The first-order valence-electron chi connectivity index (χ1n) is 9.41. The molecule has 8 nitrogen and oxygen atoms in total. The van der Waals surface area contributed by atoms with Crippen LogP contribution >= 0.6 is 0 Å². The molecule has 0 radical (unpaired) electrons. The lowest BCUT2D eigenvalue weighted by atomic mass is 10.0. The van der Waals surface area contributed by atoms with E-state index in [4.69, 9.17) is 0 Å². The highest BCUT2D eigenvalue weighted by Gasteiger charge is 2.33. The molecular weight excluding hydrogens is 372 g/mol. The number of pyridine rings is 1. The van der Waals surface area contributed by atoms with Gasteiger partial charge in [-0.2, -0.15) is 0 Å². The molecule has 3 heterocycles. The number of carboxylic acid groups (broad SMARTS) is 2. The van der Waals surface area contributed by atoms with Crippen LogP contribution in [0.5, 0.6) is 0 Å². The van der Waals surface area contributed by atoms with Crippen LogP contribution in [0.2, 0.25) is 0 Å². The van der Waals surface area contributed by atoms with Gasteiger partial charge in [-0.05, 0) is 30.3 Å². The van der Waals surface area contributed by atoms with E-state index in [0.717, 1.165) is 11.3 Å². The maximum Gasteiger partial charge on any atom is 0.335 e. The smallest absolute Gasteiger partial charge is 0.335 e. The van der Waals surface area contributed by atoms with E-state index in [0.29, 0.717) is 37.1 Å². The standard InChI is InChI=1S/C21H22N4O4/c1-23-13-16(15-12-14(20(26)27)5-6-17(15)23)19(21(28)29)25-10-8-24(9-11-25)18-4-2-3-7-22-18/h2-7,12-13,19H,8-11H2,1H3,(H,26,27)(H,28,29). The summed E-state index contributed by atoms with van der Waals surface area (Å²) in [5.74, 6) is -1.09. The molecule has 1 aliphatic rings. The van der Waals surface area contributed by atoms with E-state index >= 15 is 0 Å². The summed E-state index contributed by atoms with van der Waals surface area (Å²) in [5.41, 5.74) is 1.57. The van der Waals surface area contributed by atoms with Gasteiger partial charge in [-0.15, -0.1) is 0 Å². The highest BCUT2D eigenvalue weighted by atomic mass is 16.4. The molecule has 1 unspecified atom stereocenters. The van der Waals surface area contributed by atoms with E-state index in [9.17, 15) is 19.8 Å². The molecule has 3 aromatic rings. The number of aromatic nitrogens is 2. The van der Waals surface area contributed by atoms with Crippen LogP contribution in [0.1, 0.15) is 22.0 Å². The molecule has 1 fully saturated rings. The zero-order chi connectivity index (χ0) is 20.5. The zero-order valence-corrected chi connectivity index (χ0v) is 16.0. The van der Waals surface area contributed by atoms with Crippen molar-refractivity contribution in [2.45, 2.75) is 6.04 Å². The number of rotatable bonds is 5. The third-order valence-corrected chi connectivity index (χ3v) is 5.45. The first-order valence-corrected chi connectivity index (χ1v) is 9.41. The molecule has 1 aromatic carbocycles. The first-order chi connectivity index (χ1) is 14.0. The molecule has 1 aliphatic heterocycles. The van der Waals surface area contributed by atoms with Crippen molar-refractivity contribution in [1.82, 2.24) is 14.5 Å². The molecule has 29 heavy (non-hydrogen) atoms. The summed E-state index contributed by atoms with van der Waals surface area (Å²) in [6, 6.07) is 9.73. The van der Waals surface area contributed by atoms with Crippen LogP contribution in [0.3, 0.4) is 0 Å². The van der Waals surface area contributed by atoms with Crippen molar-refractivity contribution < 1.29 is 19.8 Å². The minimum absolute atomic E-state index is 0.147. The molecule has 0 aliphatic carbocycles. The normalized spacial score (nSPS) is 16.1. The molecule has 150 valence electrons. The molecule has 1 atom stereocenters. The van der Waals surface area contributed by atoms with Gasteiger partial charge in [-0.25, -0.2) is 9.78 Å². The summed E-state index contributed by atoms with van der Waals surface area (Å²) >= 11 is 0. The van der Waals surface area contributed by atoms with Crippen LogP contribution in [-0.2, 0) is 11.8 Å². The highest BCUT2D eigenvalue weighted by Crippen LogP contribution is 2.32. The fourth-order valence-corrected chi connectivity index (χ4v) is 4.01. The van der Waals surface area contributed by atoms with Crippen LogP contribution in [0.4, 0.5) is 5.82 Å². The molecule has 2 aromatic heterocycles. The van der Waals surface area contributed by atoms with Crippen LogP contribution < -0.4 is 4.90 Å². The van der Waals surface area contributed by atoms with Crippen molar-refractivity contribution in [1.29, 1.82) is 0 Å². The average molecular weight is 394 g/mol. The number of piperazine rings is 1. The lowest BCUT2D eigenvalue weighted by Crippen LogP contribution is -2.49. The number of aromatic carboxylic acids is 1. The average Bonchev–Trinajstić information content (AvgIpc) is 3.05. The second kappa shape index (κ2) is 7.56. The fraction of sp³-hybridized carbons (Fsp3) is 0.286. The highest BCUT2D eigenvalue weighted by molar-refractivity contribution is 5.96. The van der Waals surface area contributed by atoms with Gasteiger partial charge in [0.25, 0.3) is 0 Å². The van der Waals surface area contributed by atoms with Gasteiger partial charge in [0.15, 0.2) is 0 Å². The van der Waals surface area contributed by atoms with Gasteiger partial charge in [0.05, 0.1) is 5.56 Å². The van der Waals surface area contributed by atoms with Gasteiger partial charge in [-0.3, -0.25) is 9.69 Å². The number of aliphatic carboxylic acids is 1. The van der Waals surface area contributed by atoms with Gasteiger partial charge >= 0.3 is 11.9 Å². The minimum atomic E-state index is -1.03. The van der Waals surface area contributed by atoms with E-state index in [-0.39, 0.29) is 5.56 Å². The molecule has 1 saturated heterocycles. The Morgan fingerprint density at radius 1 is 1.07 bits per heavy atom. The summed E-state index contributed by atoms with van der Waals surface area (Å²) in [5, 5.41) is 20.0. The molecular formula is C21H22N4O4. The van der Waals surface area contributed by atoms with E-state index in [2.05, 4.69) is 9.88 Å². The maximum absolute atomic E-state index is 12.2. The number of hydrogen-bond donors (Lipinski definition) is 2. The summed E-state index contributed by atoms with van der Waals surface area (Å²) in [4.78, 5) is 32.1. The fourth-order valence-electron chi connectivity index (χ4n) is 4.01. The number of fused-ring (bicyclic) bond motifs is 1. The molecule has 0 saturated carbocycles. The number of aryl methyl sites for hydroxylation is 1. The SMILES string of the molecule is Cn1cc(C(C(=O)O)N2CCN(c3ccccn3)CC2)c2cc(C(=O)O)ccc21. The number of carboxylic acids is 2. The monoisotopic (exact) mass is 394 g/mol. The Morgan fingerprint density at radius 3 is 2.45 bits per heavy atom. The van der Waals surface area contributed by atoms with Crippen molar-refractivity contribution in [3.63, 3.8) is 0 Å². The molecule has 0 spiro atoms.